The molecule has 2 aliphatic rings. The summed E-state index contributed by atoms with van der Waals surface area (Å²) in [6.07, 6.45) is 2.02. The second-order valence-electron chi connectivity index (χ2n) is 5.72. The van der Waals surface area contributed by atoms with E-state index in [1.54, 1.807) is 0 Å². The lowest BCUT2D eigenvalue weighted by molar-refractivity contribution is -0.190. The lowest BCUT2D eigenvalue weighted by atomic mass is 10.0. The third-order valence-corrected chi connectivity index (χ3v) is 4.16. The van der Waals surface area contributed by atoms with Gasteiger partial charge in [0, 0.05) is 6.42 Å². The van der Waals surface area contributed by atoms with Crippen LogP contribution in [0.5, 0.6) is 0 Å². The average molecular weight is 289 g/mol. The molecule has 2 saturated heterocycles. The number of aromatic nitrogens is 1. The molecule has 2 fully saturated rings. The first-order valence-electron chi connectivity index (χ1n) is 7.38. The number of anilines is 1. The molecule has 1 aromatic carbocycles. The minimum Gasteiger partial charge on any atom is -0.439 e. The Morgan fingerprint density at radius 1 is 1.29 bits per heavy atom. The van der Waals surface area contributed by atoms with Gasteiger partial charge in [-0.2, -0.15) is 0 Å². The number of nitrogens with two attached hydrogens (primary N) is 1. The van der Waals surface area contributed by atoms with Gasteiger partial charge in [-0.3, -0.25) is 4.90 Å². The van der Waals surface area contributed by atoms with E-state index in [4.69, 9.17) is 19.6 Å². The molecule has 0 bridgehead atoms. The number of nitrogen functional groups attached to an aromatic ring is 1. The molecule has 4 rings (SSSR count). The van der Waals surface area contributed by atoms with Gasteiger partial charge in [0.15, 0.2) is 11.4 Å². The Balaban J connectivity index is 1.53. The number of piperidine rings is 1. The summed E-state index contributed by atoms with van der Waals surface area (Å²) >= 11 is 0. The summed E-state index contributed by atoms with van der Waals surface area (Å²) in [6, 6.07) is 5.61. The highest BCUT2D eigenvalue weighted by molar-refractivity contribution is 5.85. The van der Waals surface area contributed by atoms with E-state index < -0.39 is 5.79 Å². The van der Waals surface area contributed by atoms with E-state index in [2.05, 4.69) is 9.88 Å². The van der Waals surface area contributed by atoms with Crippen LogP contribution in [0.4, 0.5) is 5.69 Å². The molecule has 6 heteroatoms. The van der Waals surface area contributed by atoms with Crippen LogP contribution in [0.2, 0.25) is 0 Å². The minimum atomic E-state index is -0.413. The van der Waals surface area contributed by atoms with E-state index in [1.165, 1.54) is 0 Å². The third kappa shape index (κ3) is 2.39. The van der Waals surface area contributed by atoms with Gasteiger partial charge in [-0.15, -0.1) is 0 Å². The van der Waals surface area contributed by atoms with Crippen LogP contribution in [-0.4, -0.2) is 42.0 Å². The second-order valence-corrected chi connectivity index (χ2v) is 5.72. The van der Waals surface area contributed by atoms with Crippen LogP contribution in [0, 0.1) is 0 Å². The molecule has 0 saturated carbocycles. The van der Waals surface area contributed by atoms with E-state index in [1.807, 2.05) is 18.2 Å². The van der Waals surface area contributed by atoms with Gasteiger partial charge in [-0.1, -0.05) is 6.07 Å². The number of likely N-dealkylation sites (tertiary alicyclic amines) is 1. The molecule has 1 spiro atoms. The highest BCUT2D eigenvalue weighted by Gasteiger charge is 2.40. The Morgan fingerprint density at radius 3 is 2.95 bits per heavy atom. The normalized spacial score (nSPS) is 22.3. The summed E-state index contributed by atoms with van der Waals surface area (Å²) in [6.45, 7) is 3.80. The van der Waals surface area contributed by atoms with Crippen molar-refractivity contribution < 1.29 is 13.9 Å². The number of para-hydroxylation sites is 1. The summed E-state index contributed by atoms with van der Waals surface area (Å²) in [4.78, 5) is 6.78. The van der Waals surface area contributed by atoms with Crippen molar-refractivity contribution in [2.45, 2.75) is 25.2 Å². The van der Waals surface area contributed by atoms with Crippen molar-refractivity contribution in [3.05, 3.63) is 24.1 Å². The van der Waals surface area contributed by atoms with Crippen LogP contribution in [-0.2, 0) is 16.0 Å². The molecule has 0 aliphatic carbocycles. The van der Waals surface area contributed by atoms with Crippen molar-refractivity contribution in [2.24, 2.45) is 0 Å². The zero-order valence-electron chi connectivity index (χ0n) is 11.9. The first kappa shape index (κ1) is 13.1. The van der Waals surface area contributed by atoms with Crippen molar-refractivity contribution in [1.82, 2.24) is 9.88 Å². The van der Waals surface area contributed by atoms with Crippen molar-refractivity contribution in [3.63, 3.8) is 0 Å². The van der Waals surface area contributed by atoms with Crippen LogP contribution in [0.25, 0.3) is 11.1 Å². The fourth-order valence-corrected chi connectivity index (χ4v) is 3.21. The lowest BCUT2D eigenvalue weighted by Crippen LogP contribution is -2.48. The van der Waals surface area contributed by atoms with Gasteiger partial charge in [-0.25, -0.2) is 4.98 Å². The monoisotopic (exact) mass is 289 g/mol. The Morgan fingerprint density at radius 2 is 2.14 bits per heavy atom. The Kier molecular flexibility index (Phi) is 3.10. The Bertz CT molecular complexity index is 649. The molecule has 6 nitrogen and oxygen atoms in total. The molecule has 2 aliphatic heterocycles. The third-order valence-electron chi connectivity index (χ3n) is 4.16. The number of nitrogens with zero attached hydrogens (tertiary/aromatic N) is 2. The van der Waals surface area contributed by atoms with Gasteiger partial charge in [0.25, 0.3) is 0 Å². The SMILES string of the molecule is Nc1cccc2oc(CN3CCCC4(C3)OCCO4)nc12. The van der Waals surface area contributed by atoms with Gasteiger partial charge in [-0.05, 0) is 25.1 Å². The summed E-state index contributed by atoms with van der Waals surface area (Å²) < 4.78 is 17.4. The number of oxazole rings is 1. The summed E-state index contributed by atoms with van der Waals surface area (Å²) in [5.74, 6) is 0.279. The summed E-state index contributed by atoms with van der Waals surface area (Å²) in [5, 5.41) is 0. The predicted molar refractivity (Wildman–Crippen MR) is 77.6 cm³/mol. The standard InChI is InChI=1S/C15H19N3O3/c16-11-3-1-4-12-14(11)17-13(21-12)9-18-6-2-5-15(10-18)19-7-8-20-15/h1,3-4H,2,5-10,16H2. The van der Waals surface area contributed by atoms with E-state index in [9.17, 15) is 0 Å². The van der Waals surface area contributed by atoms with Crippen molar-refractivity contribution >= 4 is 16.8 Å². The van der Waals surface area contributed by atoms with Gasteiger partial charge in [0.2, 0.25) is 5.89 Å². The number of rotatable bonds is 2. The molecule has 0 atom stereocenters. The first-order chi connectivity index (χ1) is 10.2. The van der Waals surface area contributed by atoms with Gasteiger partial charge in [0.05, 0.1) is 32.0 Å². The predicted octanol–water partition coefficient (Wildman–Crippen LogP) is 1.75. The van der Waals surface area contributed by atoms with Gasteiger partial charge < -0.3 is 19.6 Å². The zero-order valence-corrected chi connectivity index (χ0v) is 11.9. The molecule has 2 aromatic rings. The highest BCUT2D eigenvalue weighted by Crippen LogP contribution is 2.31. The smallest absolute Gasteiger partial charge is 0.209 e. The molecular formula is C15H19N3O3. The largest absolute Gasteiger partial charge is 0.439 e. The fourth-order valence-electron chi connectivity index (χ4n) is 3.21. The zero-order chi connectivity index (χ0) is 14.3. The molecule has 1 aromatic heterocycles. The van der Waals surface area contributed by atoms with Crippen LogP contribution < -0.4 is 5.73 Å². The summed E-state index contributed by atoms with van der Waals surface area (Å²) in [5.41, 5.74) is 8.06. The first-order valence-corrected chi connectivity index (χ1v) is 7.38. The Hall–Kier alpha value is -1.63. The maximum absolute atomic E-state index is 5.92. The number of ether oxygens (including phenoxy) is 2. The van der Waals surface area contributed by atoms with Crippen LogP contribution in [0.3, 0.4) is 0 Å². The number of benzene rings is 1. The van der Waals surface area contributed by atoms with E-state index in [0.717, 1.165) is 37.0 Å². The van der Waals surface area contributed by atoms with Crippen molar-refractivity contribution in [3.8, 4) is 0 Å². The van der Waals surface area contributed by atoms with Crippen molar-refractivity contribution in [1.29, 1.82) is 0 Å². The average Bonchev–Trinajstić information content (AvgIpc) is 3.07. The Labute approximate surface area is 122 Å². The van der Waals surface area contributed by atoms with Gasteiger partial charge in [0.1, 0.15) is 5.52 Å². The van der Waals surface area contributed by atoms with Gasteiger partial charge >= 0.3 is 0 Å². The molecule has 2 N–H and O–H groups in total. The molecular weight excluding hydrogens is 270 g/mol. The second kappa shape index (κ2) is 4.98. The number of fused-ring (bicyclic) bond motifs is 1. The van der Waals surface area contributed by atoms with Crippen molar-refractivity contribution in [2.75, 3.05) is 32.0 Å². The van der Waals surface area contributed by atoms with E-state index in [0.29, 0.717) is 31.3 Å². The van der Waals surface area contributed by atoms with E-state index >= 15 is 0 Å². The molecule has 112 valence electrons. The summed E-state index contributed by atoms with van der Waals surface area (Å²) in [7, 11) is 0. The molecule has 21 heavy (non-hydrogen) atoms. The maximum Gasteiger partial charge on any atom is 0.209 e. The number of hydrogen-bond donors (Lipinski definition) is 1. The van der Waals surface area contributed by atoms with E-state index in [-0.39, 0.29) is 0 Å². The van der Waals surface area contributed by atoms with Crippen LogP contribution >= 0.6 is 0 Å². The molecule has 0 amide bonds. The molecule has 3 heterocycles. The fraction of sp³-hybridized carbons (Fsp3) is 0.533. The maximum atomic E-state index is 5.92. The minimum absolute atomic E-state index is 0.413. The number of hydrogen-bond acceptors (Lipinski definition) is 6. The molecule has 0 radical (unpaired) electrons. The quantitative estimate of drug-likeness (QED) is 0.849. The molecule has 0 unspecified atom stereocenters. The van der Waals surface area contributed by atoms with Crippen LogP contribution in [0.1, 0.15) is 18.7 Å². The topological polar surface area (TPSA) is 73.8 Å². The highest BCUT2D eigenvalue weighted by atomic mass is 16.7. The van der Waals surface area contributed by atoms with Crippen LogP contribution in [0.15, 0.2) is 22.6 Å². The lowest BCUT2D eigenvalue weighted by Gasteiger charge is -2.37.